The first-order valence-corrected chi connectivity index (χ1v) is 5.27. The molecule has 1 heterocycles. The largest absolute Gasteiger partial charge is 0.318 e. The van der Waals surface area contributed by atoms with Gasteiger partial charge in [0.05, 0.1) is 5.54 Å². The summed E-state index contributed by atoms with van der Waals surface area (Å²) in [4.78, 5) is 11.6. The molecule has 5 heteroatoms. The fourth-order valence-corrected chi connectivity index (χ4v) is 1.05. The van der Waals surface area contributed by atoms with Crippen LogP contribution >= 0.6 is 0 Å². The molecule has 1 amide bonds. The normalized spacial score (nSPS) is 12.6. The first-order chi connectivity index (χ1) is 7.10. The Morgan fingerprint density at radius 2 is 1.94 bits per heavy atom. The van der Waals surface area contributed by atoms with E-state index >= 15 is 0 Å². The number of carbonyl (C=O) groups is 1. The molecule has 0 saturated heterocycles. The number of nitrogens with one attached hydrogen (secondary N) is 2. The molecule has 4 N–H and O–H groups in total. The zero-order valence-corrected chi connectivity index (χ0v) is 10.5. The summed E-state index contributed by atoms with van der Waals surface area (Å²) in [7, 11) is 0. The summed E-state index contributed by atoms with van der Waals surface area (Å²) in [5.74, 6) is 0.257. The van der Waals surface area contributed by atoms with Crippen molar-refractivity contribution in [2.75, 3.05) is 5.32 Å². The zero-order chi connectivity index (χ0) is 12.6. The van der Waals surface area contributed by atoms with Crippen LogP contribution in [0.4, 0.5) is 5.82 Å². The van der Waals surface area contributed by atoms with Crippen molar-refractivity contribution in [3.05, 3.63) is 11.8 Å². The van der Waals surface area contributed by atoms with Crippen molar-refractivity contribution in [3.63, 3.8) is 0 Å². The molecule has 0 bridgehead atoms. The third-order valence-electron chi connectivity index (χ3n) is 2.21. The number of carbonyl (C=O) groups excluding carboxylic acids is 1. The second-order valence-electron chi connectivity index (χ2n) is 5.59. The van der Waals surface area contributed by atoms with Gasteiger partial charge in [-0.3, -0.25) is 9.89 Å². The molecule has 1 rings (SSSR count). The van der Waals surface area contributed by atoms with E-state index in [4.69, 9.17) is 5.73 Å². The van der Waals surface area contributed by atoms with Crippen LogP contribution in [0.1, 0.15) is 40.3 Å². The van der Waals surface area contributed by atoms with Gasteiger partial charge in [-0.25, -0.2) is 0 Å². The summed E-state index contributed by atoms with van der Waals surface area (Å²) in [6.07, 6.45) is 0. The van der Waals surface area contributed by atoms with Gasteiger partial charge in [0, 0.05) is 17.2 Å². The van der Waals surface area contributed by atoms with Gasteiger partial charge in [-0.2, -0.15) is 5.10 Å². The van der Waals surface area contributed by atoms with Crippen molar-refractivity contribution in [2.24, 2.45) is 5.73 Å². The SMILES string of the molecule is CC(C)(N)C(=O)Nc1cc(C(C)(C)C)[nH]n1. The maximum absolute atomic E-state index is 11.6. The highest BCUT2D eigenvalue weighted by atomic mass is 16.2. The van der Waals surface area contributed by atoms with Crippen molar-refractivity contribution < 1.29 is 4.79 Å². The van der Waals surface area contributed by atoms with Crippen LogP contribution in [0.5, 0.6) is 0 Å². The van der Waals surface area contributed by atoms with Crippen LogP contribution in [0.2, 0.25) is 0 Å². The third-order valence-corrected chi connectivity index (χ3v) is 2.21. The number of H-pyrrole nitrogens is 1. The average molecular weight is 224 g/mol. The minimum Gasteiger partial charge on any atom is -0.318 e. The van der Waals surface area contributed by atoms with E-state index in [9.17, 15) is 4.79 Å². The van der Waals surface area contributed by atoms with E-state index in [0.717, 1.165) is 5.69 Å². The summed E-state index contributed by atoms with van der Waals surface area (Å²) in [6, 6.07) is 1.82. The number of aromatic amines is 1. The van der Waals surface area contributed by atoms with E-state index < -0.39 is 5.54 Å². The molecule has 1 aromatic heterocycles. The Balaban J connectivity index is 2.78. The third kappa shape index (κ3) is 3.06. The summed E-state index contributed by atoms with van der Waals surface area (Å²) in [5, 5.41) is 9.59. The molecule has 1 aromatic rings. The lowest BCUT2D eigenvalue weighted by molar-refractivity contribution is -0.120. The molecule has 0 aromatic carbocycles. The van der Waals surface area contributed by atoms with E-state index in [1.54, 1.807) is 13.8 Å². The Hall–Kier alpha value is -1.36. The van der Waals surface area contributed by atoms with Crippen molar-refractivity contribution in [1.29, 1.82) is 0 Å². The smallest absolute Gasteiger partial charge is 0.245 e. The van der Waals surface area contributed by atoms with E-state index in [1.807, 2.05) is 6.07 Å². The lowest BCUT2D eigenvalue weighted by Crippen LogP contribution is -2.45. The van der Waals surface area contributed by atoms with Crippen LogP contribution in [0.3, 0.4) is 0 Å². The number of anilines is 1. The van der Waals surface area contributed by atoms with Gasteiger partial charge in [-0.1, -0.05) is 20.8 Å². The number of amides is 1. The predicted octanol–water partition coefficient (Wildman–Crippen LogP) is 1.38. The maximum atomic E-state index is 11.6. The second-order valence-corrected chi connectivity index (χ2v) is 5.59. The number of nitrogens with zero attached hydrogens (tertiary/aromatic N) is 1. The zero-order valence-electron chi connectivity index (χ0n) is 10.5. The van der Waals surface area contributed by atoms with Gasteiger partial charge >= 0.3 is 0 Å². The van der Waals surface area contributed by atoms with Gasteiger partial charge < -0.3 is 11.1 Å². The van der Waals surface area contributed by atoms with Crippen LogP contribution in [0, 0.1) is 0 Å². The summed E-state index contributed by atoms with van der Waals surface area (Å²) < 4.78 is 0. The predicted molar refractivity (Wildman–Crippen MR) is 64.2 cm³/mol. The maximum Gasteiger partial charge on any atom is 0.245 e. The van der Waals surface area contributed by atoms with Crippen LogP contribution in [0.15, 0.2) is 6.07 Å². The van der Waals surface area contributed by atoms with E-state index in [0.29, 0.717) is 5.82 Å². The van der Waals surface area contributed by atoms with E-state index in [1.165, 1.54) is 0 Å². The Labute approximate surface area is 95.8 Å². The number of aromatic nitrogens is 2. The van der Waals surface area contributed by atoms with Gasteiger partial charge in [-0.05, 0) is 13.8 Å². The molecule has 0 aliphatic heterocycles. The molecule has 0 aliphatic rings. The molecule has 0 unspecified atom stereocenters. The van der Waals surface area contributed by atoms with Gasteiger partial charge in [0.1, 0.15) is 0 Å². The average Bonchev–Trinajstić information content (AvgIpc) is 2.49. The topological polar surface area (TPSA) is 83.8 Å². The lowest BCUT2D eigenvalue weighted by Gasteiger charge is -2.16. The summed E-state index contributed by atoms with van der Waals surface area (Å²) >= 11 is 0. The van der Waals surface area contributed by atoms with E-state index in [2.05, 4.69) is 36.3 Å². The van der Waals surface area contributed by atoms with Crippen molar-refractivity contribution in [1.82, 2.24) is 10.2 Å². The van der Waals surface area contributed by atoms with Gasteiger partial charge in [-0.15, -0.1) is 0 Å². The van der Waals surface area contributed by atoms with Crippen LogP contribution < -0.4 is 11.1 Å². The standard InChI is InChI=1S/C11H20N4O/c1-10(2,3)7-6-8(15-14-7)13-9(16)11(4,5)12/h6H,12H2,1-5H3,(H2,13,14,15,16). The molecule has 0 fully saturated rings. The van der Waals surface area contributed by atoms with Crippen LogP contribution in [0.25, 0.3) is 0 Å². The Bertz CT molecular complexity index is 381. The molecule has 16 heavy (non-hydrogen) atoms. The number of nitrogens with two attached hydrogens (primary N) is 1. The van der Waals surface area contributed by atoms with Gasteiger partial charge in [0.25, 0.3) is 0 Å². The quantitative estimate of drug-likeness (QED) is 0.709. The molecular formula is C11H20N4O. The number of rotatable bonds is 2. The second kappa shape index (κ2) is 3.90. The summed E-state index contributed by atoms with van der Waals surface area (Å²) in [6.45, 7) is 9.51. The minimum absolute atomic E-state index is 0.0196. The molecule has 0 aliphatic carbocycles. The fraction of sp³-hybridized carbons (Fsp3) is 0.636. The van der Waals surface area contributed by atoms with Crippen LogP contribution in [-0.2, 0) is 10.2 Å². The Morgan fingerprint density at radius 1 is 1.38 bits per heavy atom. The number of hydrogen-bond donors (Lipinski definition) is 3. The van der Waals surface area contributed by atoms with Crippen LogP contribution in [-0.4, -0.2) is 21.6 Å². The minimum atomic E-state index is -0.902. The highest BCUT2D eigenvalue weighted by molar-refractivity contribution is 5.96. The number of hydrogen-bond acceptors (Lipinski definition) is 3. The molecule has 0 atom stereocenters. The molecule has 90 valence electrons. The lowest BCUT2D eigenvalue weighted by atomic mass is 9.92. The van der Waals surface area contributed by atoms with E-state index in [-0.39, 0.29) is 11.3 Å². The molecule has 0 spiro atoms. The first-order valence-electron chi connectivity index (χ1n) is 5.27. The summed E-state index contributed by atoms with van der Waals surface area (Å²) in [5.41, 5.74) is 5.72. The molecule has 0 radical (unpaired) electrons. The molecular weight excluding hydrogens is 204 g/mol. The highest BCUT2D eigenvalue weighted by Crippen LogP contribution is 2.22. The molecule has 0 saturated carbocycles. The highest BCUT2D eigenvalue weighted by Gasteiger charge is 2.23. The first kappa shape index (κ1) is 12.7. The molecule has 5 nitrogen and oxygen atoms in total. The monoisotopic (exact) mass is 224 g/mol. The Morgan fingerprint density at radius 3 is 2.31 bits per heavy atom. The van der Waals surface area contributed by atoms with Crippen molar-refractivity contribution >= 4 is 11.7 Å². The van der Waals surface area contributed by atoms with Gasteiger partial charge in [0.15, 0.2) is 5.82 Å². The fourth-order valence-electron chi connectivity index (χ4n) is 1.05. The Kier molecular flexibility index (Phi) is 3.10. The van der Waals surface area contributed by atoms with Crippen molar-refractivity contribution in [3.8, 4) is 0 Å². The van der Waals surface area contributed by atoms with Gasteiger partial charge in [0.2, 0.25) is 5.91 Å². The van der Waals surface area contributed by atoms with Crippen molar-refractivity contribution in [2.45, 2.75) is 45.6 Å².